The number of rotatable bonds is 6. The molecule has 0 saturated carbocycles. The largest absolute Gasteiger partial charge is 0.492 e. The van der Waals surface area contributed by atoms with Crippen LogP contribution < -0.4 is 10.5 Å². The Morgan fingerprint density at radius 1 is 1.21 bits per heavy atom. The Labute approximate surface area is 113 Å². The molecule has 0 aromatic carbocycles. The molecule has 2 aromatic heterocycles. The first-order valence-corrected chi connectivity index (χ1v) is 6.49. The molecule has 1 atom stereocenters. The van der Waals surface area contributed by atoms with Gasteiger partial charge in [-0.05, 0) is 49.6 Å². The zero-order valence-corrected chi connectivity index (χ0v) is 11.1. The molecule has 19 heavy (non-hydrogen) atoms. The summed E-state index contributed by atoms with van der Waals surface area (Å²) in [5, 5.41) is 0. The molecule has 0 unspecified atom stereocenters. The van der Waals surface area contributed by atoms with Gasteiger partial charge in [0.25, 0.3) is 0 Å². The minimum atomic E-state index is -0.0410. The molecule has 0 aliphatic carbocycles. The second-order valence-corrected chi connectivity index (χ2v) is 4.51. The van der Waals surface area contributed by atoms with Crippen molar-refractivity contribution >= 4 is 0 Å². The van der Waals surface area contributed by atoms with Crippen LogP contribution in [-0.2, 0) is 6.42 Å². The van der Waals surface area contributed by atoms with Crippen LogP contribution in [0.5, 0.6) is 5.75 Å². The number of aryl methyl sites for hydroxylation is 1. The molecule has 4 nitrogen and oxygen atoms in total. The molecule has 2 heterocycles. The second-order valence-electron chi connectivity index (χ2n) is 4.51. The number of ether oxygens (including phenoxy) is 1. The normalized spacial score (nSPS) is 12.1. The van der Waals surface area contributed by atoms with E-state index in [1.165, 1.54) is 5.56 Å². The van der Waals surface area contributed by atoms with Crippen LogP contribution in [-0.4, -0.2) is 16.6 Å². The van der Waals surface area contributed by atoms with Gasteiger partial charge in [-0.25, -0.2) is 0 Å². The van der Waals surface area contributed by atoms with Crippen LogP contribution in [0.4, 0.5) is 0 Å². The first-order chi connectivity index (χ1) is 9.25. The number of nitrogens with zero attached hydrogens (tertiary/aromatic N) is 2. The zero-order valence-electron chi connectivity index (χ0n) is 11.1. The van der Waals surface area contributed by atoms with Crippen LogP contribution in [0.2, 0.25) is 0 Å². The van der Waals surface area contributed by atoms with Gasteiger partial charge >= 0.3 is 0 Å². The maximum Gasteiger partial charge on any atom is 0.137 e. The van der Waals surface area contributed by atoms with E-state index in [4.69, 9.17) is 10.5 Å². The summed E-state index contributed by atoms with van der Waals surface area (Å²) >= 11 is 0. The molecular weight excluding hydrogens is 238 g/mol. The Morgan fingerprint density at radius 3 is 2.63 bits per heavy atom. The Morgan fingerprint density at radius 2 is 2.00 bits per heavy atom. The Kier molecular flexibility index (Phi) is 4.86. The third kappa shape index (κ3) is 4.34. The smallest absolute Gasteiger partial charge is 0.137 e. The summed E-state index contributed by atoms with van der Waals surface area (Å²) < 4.78 is 5.64. The standard InChI is InChI=1S/C15H19N3O/c1-12(16)15-5-4-14(11-18-15)19-10-2-3-13-6-8-17-9-7-13/h4-9,11-12H,2-3,10,16H2,1H3/t12-/m1/s1. The third-order valence-electron chi connectivity index (χ3n) is 2.85. The van der Waals surface area contributed by atoms with Gasteiger partial charge in [-0.3, -0.25) is 9.97 Å². The Balaban J connectivity index is 1.74. The summed E-state index contributed by atoms with van der Waals surface area (Å²) in [6.07, 6.45) is 7.32. The van der Waals surface area contributed by atoms with Crippen molar-refractivity contribution in [3.8, 4) is 5.75 Å². The summed E-state index contributed by atoms with van der Waals surface area (Å²) in [4.78, 5) is 8.25. The van der Waals surface area contributed by atoms with E-state index in [9.17, 15) is 0 Å². The Hall–Kier alpha value is -1.94. The summed E-state index contributed by atoms with van der Waals surface area (Å²) in [5.74, 6) is 0.791. The van der Waals surface area contributed by atoms with Crippen molar-refractivity contribution in [2.24, 2.45) is 5.73 Å². The highest BCUT2D eigenvalue weighted by atomic mass is 16.5. The molecule has 2 aromatic rings. The number of hydrogen-bond donors (Lipinski definition) is 1. The lowest BCUT2D eigenvalue weighted by Gasteiger charge is -2.08. The van der Waals surface area contributed by atoms with Crippen molar-refractivity contribution in [1.29, 1.82) is 0 Å². The molecule has 0 bridgehead atoms. The van der Waals surface area contributed by atoms with Crippen LogP contribution in [0, 0.1) is 0 Å². The zero-order chi connectivity index (χ0) is 13.5. The molecule has 0 aliphatic rings. The van der Waals surface area contributed by atoms with Crippen LogP contribution in [0.1, 0.15) is 30.6 Å². The van der Waals surface area contributed by atoms with Crippen LogP contribution >= 0.6 is 0 Å². The van der Waals surface area contributed by atoms with Crippen LogP contribution in [0.3, 0.4) is 0 Å². The van der Waals surface area contributed by atoms with Crippen molar-refractivity contribution < 1.29 is 4.74 Å². The molecule has 4 heteroatoms. The summed E-state index contributed by atoms with van der Waals surface area (Å²) in [5.41, 5.74) is 7.90. The minimum absolute atomic E-state index is 0.0410. The summed E-state index contributed by atoms with van der Waals surface area (Å²) in [6, 6.07) is 7.83. The fourth-order valence-electron chi connectivity index (χ4n) is 1.76. The lowest BCUT2D eigenvalue weighted by molar-refractivity contribution is 0.309. The van der Waals surface area contributed by atoms with E-state index < -0.39 is 0 Å². The maximum absolute atomic E-state index is 5.74. The van der Waals surface area contributed by atoms with Gasteiger partial charge in [0.15, 0.2) is 0 Å². The summed E-state index contributed by atoms with van der Waals surface area (Å²) in [7, 11) is 0. The van der Waals surface area contributed by atoms with Crippen molar-refractivity contribution in [1.82, 2.24) is 9.97 Å². The van der Waals surface area contributed by atoms with E-state index >= 15 is 0 Å². The second kappa shape index (κ2) is 6.85. The highest BCUT2D eigenvalue weighted by Crippen LogP contribution is 2.13. The summed E-state index contributed by atoms with van der Waals surface area (Å²) in [6.45, 7) is 2.60. The molecular formula is C15H19N3O. The van der Waals surface area contributed by atoms with Gasteiger partial charge in [-0.2, -0.15) is 0 Å². The van der Waals surface area contributed by atoms with E-state index in [-0.39, 0.29) is 6.04 Å². The molecule has 0 fully saturated rings. The molecule has 0 aliphatic heterocycles. The number of aromatic nitrogens is 2. The average Bonchev–Trinajstić information content (AvgIpc) is 2.45. The van der Waals surface area contributed by atoms with Crippen molar-refractivity contribution in [3.63, 3.8) is 0 Å². The molecule has 0 radical (unpaired) electrons. The first-order valence-electron chi connectivity index (χ1n) is 6.49. The van der Waals surface area contributed by atoms with Gasteiger partial charge < -0.3 is 10.5 Å². The number of pyridine rings is 2. The van der Waals surface area contributed by atoms with Crippen molar-refractivity contribution in [2.75, 3.05) is 6.61 Å². The highest BCUT2D eigenvalue weighted by Gasteiger charge is 2.01. The number of nitrogens with two attached hydrogens (primary N) is 1. The third-order valence-corrected chi connectivity index (χ3v) is 2.85. The molecule has 100 valence electrons. The topological polar surface area (TPSA) is 61.0 Å². The van der Waals surface area contributed by atoms with Crippen molar-refractivity contribution in [2.45, 2.75) is 25.8 Å². The average molecular weight is 257 g/mol. The van der Waals surface area contributed by atoms with E-state index in [1.807, 2.05) is 43.6 Å². The first kappa shape index (κ1) is 13.5. The van der Waals surface area contributed by atoms with Gasteiger partial charge in [-0.15, -0.1) is 0 Å². The van der Waals surface area contributed by atoms with Gasteiger partial charge in [0.05, 0.1) is 18.5 Å². The minimum Gasteiger partial charge on any atom is -0.492 e. The molecule has 0 saturated heterocycles. The predicted molar refractivity (Wildman–Crippen MR) is 74.9 cm³/mol. The fraction of sp³-hybridized carbons (Fsp3) is 0.333. The SMILES string of the molecule is C[C@@H](N)c1ccc(OCCCc2ccncc2)cn1. The fourth-order valence-corrected chi connectivity index (χ4v) is 1.76. The van der Waals surface area contributed by atoms with Crippen LogP contribution in [0.15, 0.2) is 42.9 Å². The highest BCUT2D eigenvalue weighted by molar-refractivity contribution is 5.21. The van der Waals surface area contributed by atoms with Crippen LogP contribution in [0.25, 0.3) is 0 Å². The quantitative estimate of drug-likeness (QED) is 0.808. The van der Waals surface area contributed by atoms with Gasteiger partial charge in [0, 0.05) is 18.4 Å². The van der Waals surface area contributed by atoms with Gasteiger partial charge in [0.1, 0.15) is 5.75 Å². The van der Waals surface area contributed by atoms with Gasteiger partial charge in [-0.1, -0.05) is 0 Å². The lowest BCUT2D eigenvalue weighted by Crippen LogP contribution is -2.07. The molecule has 0 spiro atoms. The Bertz CT molecular complexity index is 483. The monoisotopic (exact) mass is 257 g/mol. The maximum atomic E-state index is 5.74. The molecule has 2 rings (SSSR count). The molecule has 2 N–H and O–H groups in total. The number of hydrogen-bond acceptors (Lipinski definition) is 4. The van der Waals surface area contributed by atoms with E-state index in [2.05, 4.69) is 9.97 Å². The lowest BCUT2D eigenvalue weighted by atomic mass is 10.1. The van der Waals surface area contributed by atoms with E-state index in [1.54, 1.807) is 6.20 Å². The molecule has 0 amide bonds. The van der Waals surface area contributed by atoms with E-state index in [0.717, 1.165) is 24.3 Å². The van der Waals surface area contributed by atoms with Gasteiger partial charge in [0.2, 0.25) is 0 Å². The van der Waals surface area contributed by atoms with E-state index in [0.29, 0.717) is 6.61 Å². The predicted octanol–water partition coefficient (Wildman–Crippen LogP) is 2.51. The van der Waals surface area contributed by atoms with Crippen molar-refractivity contribution in [3.05, 3.63) is 54.1 Å².